The van der Waals surface area contributed by atoms with Crippen LogP contribution in [0.1, 0.15) is 6.92 Å². The van der Waals surface area contributed by atoms with Gasteiger partial charge in [-0.1, -0.05) is 0 Å². The summed E-state index contributed by atoms with van der Waals surface area (Å²) in [6, 6.07) is 7.30. The zero-order valence-corrected chi connectivity index (χ0v) is 27.7. The summed E-state index contributed by atoms with van der Waals surface area (Å²) in [6.07, 6.45) is -24.8. The van der Waals surface area contributed by atoms with Crippen LogP contribution in [0.4, 0.5) is 0 Å². The Hall–Kier alpha value is -3.71. The smallest absolute Gasteiger partial charge is 0.239 e. The number of hydrogen-bond acceptors (Lipinski definition) is 20. The molecule has 0 unspecified atom stereocenters. The molecule has 4 heterocycles. The van der Waals surface area contributed by atoms with Crippen LogP contribution in [0.5, 0.6) is 23.0 Å². The summed E-state index contributed by atoms with van der Waals surface area (Å²) in [5, 5.41) is 123. The van der Waals surface area contributed by atoms with Crippen LogP contribution in [0, 0.1) is 0 Å². The first-order valence-electron chi connectivity index (χ1n) is 16.4. The lowest BCUT2D eigenvalue weighted by atomic mass is 9.98. The third-order valence-electron chi connectivity index (χ3n) is 9.27. The van der Waals surface area contributed by atoms with E-state index in [0.29, 0.717) is 0 Å². The summed E-state index contributed by atoms with van der Waals surface area (Å²) >= 11 is 0. The molecular formula is C33H40O20. The van der Waals surface area contributed by atoms with Gasteiger partial charge in [0.25, 0.3) is 0 Å². The van der Waals surface area contributed by atoms with Crippen molar-refractivity contribution in [1.82, 2.24) is 0 Å². The molecule has 292 valence electrons. The molecule has 0 saturated carbocycles. The van der Waals surface area contributed by atoms with Gasteiger partial charge in [-0.15, -0.1) is 0 Å². The quantitative estimate of drug-likeness (QED) is 0.0992. The molecule has 3 saturated heterocycles. The number of rotatable bonds is 9. The highest BCUT2D eigenvalue weighted by molar-refractivity contribution is 5.88. The van der Waals surface area contributed by atoms with Crippen molar-refractivity contribution < 1.29 is 94.1 Å². The zero-order valence-electron chi connectivity index (χ0n) is 27.7. The first kappa shape index (κ1) is 39.0. The number of aliphatic hydroxyl groups is 10. The average molecular weight is 757 g/mol. The van der Waals surface area contributed by atoms with E-state index < -0.39 is 128 Å². The van der Waals surface area contributed by atoms with E-state index in [1.165, 1.54) is 31.2 Å². The van der Waals surface area contributed by atoms with E-state index in [-0.39, 0.29) is 28.4 Å². The molecule has 3 aliphatic heterocycles. The second-order valence-electron chi connectivity index (χ2n) is 12.9. The molecule has 12 N–H and O–H groups in total. The Morgan fingerprint density at radius 2 is 1.23 bits per heavy atom. The largest absolute Gasteiger partial charge is 0.508 e. The van der Waals surface area contributed by atoms with Crippen LogP contribution in [-0.4, -0.2) is 167 Å². The molecule has 3 aromatic rings. The van der Waals surface area contributed by atoms with Gasteiger partial charge in [0.2, 0.25) is 23.8 Å². The van der Waals surface area contributed by atoms with Crippen LogP contribution in [0.15, 0.2) is 45.6 Å². The molecule has 2 aromatic carbocycles. The monoisotopic (exact) mass is 756 g/mol. The molecule has 0 bridgehead atoms. The Morgan fingerprint density at radius 1 is 0.660 bits per heavy atom. The average Bonchev–Trinajstić information content (AvgIpc) is 3.13. The standard InChI is InChI=1S/C33H40O20/c1-10-19(37)23(41)27(45)32(48-10)49-13-6-14(36)18-15(7-13)50-29(11-2-4-12(35)5-3-11)30(22(18)40)53-33-28(46)25(43)21(39)17(52-33)9-47-31-26(44)24(42)20(38)16(8-34)51-31/h2-7,10,16-17,19-21,23-28,31-39,41-46H,8-9H2,1H3/t10-,16+,17+,19-,20+,21+,23-,24-,25-,26+,27+,28+,31+,32-,33-/m0/s1. The summed E-state index contributed by atoms with van der Waals surface area (Å²) in [6.45, 7) is -0.00876. The van der Waals surface area contributed by atoms with Crippen molar-refractivity contribution in [2.45, 2.75) is 99.0 Å². The zero-order chi connectivity index (χ0) is 38.5. The summed E-state index contributed by atoms with van der Waals surface area (Å²) in [5.41, 5.74) is -1.22. The van der Waals surface area contributed by atoms with E-state index in [1.807, 2.05) is 0 Å². The van der Waals surface area contributed by atoms with Crippen LogP contribution in [0.25, 0.3) is 22.3 Å². The Balaban J connectivity index is 1.31. The van der Waals surface area contributed by atoms with Gasteiger partial charge in [0.15, 0.2) is 12.1 Å². The number of fused-ring (bicyclic) bond motifs is 1. The third-order valence-corrected chi connectivity index (χ3v) is 9.27. The van der Waals surface area contributed by atoms with Gasteiger partial charge in [0.1, 0.15) is 95.4 Å². The molecule has 3 fully saturated rings. The van der Waals surface area contributed by atoms with E-state index in [4.69, 9.17) is 32.8 Å². The van der Waals surface area contributed by atoms with Gasteiger partial charge in [-0.2, -0.15) is 0 Å². The maximum absolute atomic E-state index is 14.0. The highest BCUT2D eigenvalue weighted by Crippen LogP contribution is 2.38. The fourth-order valence-corrected chi connectivity index (χ4v) is 6.14. The van der Waals surface area contributed by atoms with Crippen molar-refractivity contribution in [1.29, 1.82) is 0 Å². The SMILES string of the molecule is C[C@@H]1O[C@@H](Oc2cc(O)c3c(=O)c(O[C@@H]4O[C@H](CO[C@@H]5O[C@H](CO)[C@@H](O)[C@H](O)[C@H]5O)[C@@H](O)[C@H](O)[C@H]4O)c(-c4ccc(O)cc4)oc3c2)[C@H](O)[C@@H](O)[C@H]1O. The molecule has 0 spiro atoms. The van der Waals surface area contributed by atoms with Crippen LogP contribution >= 0.6 is 0 Å². The minimum absolute atomic E-state index is 0.118. The molecule has 53 heavy (non-hydrogen) atoms. The molecular weight excluding hydrogens is 716 g/mol. The number of phenols is 2. The van der Waals surface area contributed by atoms with Crippen LogP contribution < -0.4 is 14.9 Å². The number of aromatic hydroxyl groups is 2. The first-order valence-corrected chi connectivity index (χ1v) is 16.4. The third kappa shape index (κ3) is 7.52. The van der Waals surface area contributed by atoms with Crippen LogP contribution in [-0.2, 0) is 18.9 Å². The number of benzene rings is 2. The maximum Gasteiger partial charge on any atom is 0.239 e. The summed E-state index contributed by atoms with van der Waals surface area (Å²) in [4.78, 5) is 14.0. The fraction of sp³-hybridized carbons (Fsp3) is 0.545. The molecule has 3 aliphatic rings. The summed E-state index contributed by atoms with van der Waals surface area (Å²) in [7, 11) is 0. The van der Waals surface area contributed by atoms with Gasteiger partial charge in [-0.3, -0.25) is 4.79 Å². The van der Waals surface area contributed by atoms with Crippen molar-refractivity contribution in [2.75, 3.05) is 13.2 Å². The summed E-state index contributed by atoms with van der Waals surface area (Å²) < 4.78 is 39.3. The Kier molecular flexibility index (Phi) is 11.5. The molecule has 0 amide bonds. The molecule has 20 heteroatoms. The van der Waals surface area contributed by atoms with E-state index in [2.05, 4.69) is 0 Å². The van der Waals surface area contributed by atoms with E-state index in [1.54, 1.807) is 0 Å². The van der Waals surface area contributed by atoms with Gasteiger partial charge < -0.3 is 94.1 Å². The first-order chi connectivity index (χ1) is 25.1. The maximum atomic E-state index is 14.0. The van der Waals surface area contributed by atoms with Crippen molar-refractivity contribution in [3.05, 3.63) is 46.6 Å². The van der Waals surface area contributed by atoms with Gasteiger partial charge in [-0.05, 0) is 31.2 Å². The lowest BCUT2D eigenvalue weighted by Gasteiger charge is -2.42. The minimum Gasteiger partial charge on any atom is -0.508 e. The minimum atomic E-state index is -2.01. The van der Waals surface area contributed by atoms with Crippen molar-refractivity contribution in [2.24, 2.45) is 0 Å². The molecule has 0 aliphatic carbocycles. The van der Waals surface area contributed by atoms with Crippen molar-refractivity contribution >= 4 is 11.0 Å². The van der Waals surface area contributed by atoms with Crippen molar-refractivity contribution in [3.8, 4) is 34.3 Å². The van der Waals surface area contributed by atoms with Gasteiger partial charge in [0.05, 0.1) is 19.3 Å². The second kappa shape index (κ2) is 15.6. The Labute approximate surface area is 298 Å². The van der Waals surface area contributed by atoms with Gasteiger partial charge >= 0.3 is 0 Å². The van der Waals surface area contributed by atoms with Crippen LogP contribution in [0.3, 0.4) is 0 Å². The van der Waals surface area contributed by atoms with E-state index in [0.717, 1.165) is 12.1 Å². The fourth-order valence-electron chi connectivity index (χ4n) is 6.14. The lowest BCUT2D eigenvalue weighted by molar-refractivity contribution is -0.323. The molecule has 6 rings (SSSR count). The second-order valence-corrected chi connectivity index (χ2v) is 12.9. The number of phenolic OH excluding ortho intramolecular Hbond substituents is 2. The van der Waals surface area contributed by atoms with Crippen LogP contribution in [0.2, 0.25) is 0 Å². The topological polar surface area (TPSA) is 328 Å². The molecule has 15 atom stereocenters. The normalized spacial score (nSPS) is 37.8. The highest BCUT2D eigenvalue weighted by Gasteiger charge is 2.48. The van der Waals surface area contributed by atoms with Crippen molar-refractivity contribution in [3.63, 3.8) is 0 Å². The lowest BCUT2D eigenvalue weighted by Crippen LogP contribution is -2.62. The predicted molar refractivity (Wildman–Crippen MR) is 171 cm³/mol. The van der Waals surface area contributed by atoms with E-state index in [9.17, 15) is 66.1 Å². The molecule has 1 aromatic heterocycles. The Morgan fingerprint density at radius 3 is 1.87 bits per heavy atom. The number of aliphatic hydroxyl groups excluding tert-OH is 10. The molecule has 20 nitrogen and oxygen atoms in total. The highest BCUT2D eigenvalue weighted by atomic mass is 16.7. The Bertz CT molecular complexity index is 1780. The van der Waals surface area contributed by atoms with Gasteiger partial charge in [-0.25, -0.2) is 0 Å². The van der Waals surface area contributed by atoms with E-state index >= 15 is 0 Å². The van der Waals surface area contributed by atoms with Gasteiger partial charge in [0, 0.05) is 17.7 Å². The summed E-state index contributed by atoms with van der Waals surface area (Å²) in [5.74, 6) is -2.10. The number of ether oxygens (including phenoxy) is 6. The predicted octanol–water partition coefficient (Wildman–Crippen LogP) is -3.92. The molecule has 0 radical (unpaired) electrons. The number of hydrogen-bond donors (Lipinski definition) is 12.